The van der Waals surface area contributed by atoms with Crippen LogP contribution in [0.5, 0.6) is 6.01 Å². The van der Waals surface area contributed by atoms with Crippen LogP contribution in [0.2, 0.25) is 0 Å². The lowest BCUT2D eigenvalue weighted by Crippen LogP contribution is -2.40. The Kier molecular flexibility index (Phi) is 4.36. The molecule has 0 saturated carbocycles. The Labute approximate surface area is 113 Å². The lowest BCUT2D eigenvalue weighted by Gasteiger charge is -2.31. The Morgan fingerprint density at radius 2 is 2.11 bits per heavy atom. The number of nitrogen functional groups attached to an aromatic ring is 1. The SMILES string of the molecule is COC1CCCN(c2nc(N)nc(OC(C)C)n2)C1. The van der Waals surface area contributed by atoms with E-state index in [1.165, 1.54) is 0 Å². The molecule has 106 valence electrons. The minimum Gasteiger partial charge on any atom is -0.461 e. The molecular weight excluding hydrogens is 246 g/mol. The van der Waals surface area contributed by atoms with E-state index in [1.807, 2.05) is 13.8 Å². The van der Waals surface area contributed by atoms with Gasteiger partial charge in [-0.2, -0.15) is 15.0 Å². The van der Waals surface area contributed by atoms with E-state index < -0.39 is 0 Å². The van der Waals surface area contributed by atoms with Crippen molar-refractivity contribution in [2.75, 3.05) is 30.8 Å². The zero-order valence-electron chi connectivity index (χ0n) is 11.7. The van der Waals surface area contributed by atoms with Crippen LogP contribution in [0.15, 0.2) is 0 Å². The molecule has 7 heteroatoms. The van der Waals surface area contributed by atoms with Gasteiger partial charge in [0.2, 0.25) is 11.9 Å². The molecule has 2 rings (SSSR count). The van der Waals surface area contributed by atoms with Crippen LogP contribution in [-0.4, -0.2) is 47.4 Å². The fraction of sp³-hybridized carbons (Fsp3) is 0.750. The van der Waals surface area contributed by atoms with E-state index in [2.05, 4.69) is 19.9 Å². The molecule has 0 amide bonds. The van der Waals surface area contributed by atoms with E-state index in [1.54, 1.807) is 7.11 Å². The minimum absolute atomic E-state index is 0.00253. The third kappa shape index (κ3) is 3.66. The summed E-state index contributed by atoms with van der Waals surface area (Å²) in [6, 6.07) is 0.275. The van der Waals surface area contributed by atoms with Gasteiger partial charge in [0.05, 0.1) is 12.2 Å². The summed E-state index contributed by atoms with van der Waals surface area (Å²) >= 11 is 0. The van der Waals surface area contributed by atoms with Crippen molar-refractivity contribution in [3.05, 3.63) is 0 Å². The molecule has 1 atom stereocenters. The quantitative estimate of drug-likeness (QED) is 0.865. The molecule has 0 aliphatic carbocycles. The second-order valence-corrected chi connectivity index (χ2v) is 4.89. The number of anilines is 2. The van der Waals surface area contributed by atoms with Crippen LogP contribution in [-0.2, 0) is 4.74 Å². The monoisotopic (exact) mass is 267 g/mol. The lowest BCUT2D eigenvalue weighted by molar-refractivity contribution is 0.0888. The van der Waals surface area contributed by atoms with Gasteiger partial charge in [0.25, 0.3) is 0 Å². The summed E-state index contributed by atoms with van der Waals surface area (Å²) in [5, 5.41) is 0. The highest BCUT2D eigenvalue weighted by Crippen LogP contribution is 2.20. The van der Waals surface area contributed by atoms with E-state index in [0.717, 1.165) is 25.9 Å². The number of hydrogen-bond donors (Lipinski definition) is 1. The van der Waals surface area contributed by atoms with E-state index >= 15 is 0 Å². The predicted octanol–water partition coefficient (Wildman–Crippen LogP) is 0.856. The van der Waals surface area contributed by atoms with Crippen molar-refractivity contribution in [1.82, 2.24) is 15.0 Å². The van der Waals surface area contributed by atoms with Crippen molar-refractivity contribution in [2.24, 2.45) is 0 Å². The maximum absolute atomic E-state index is 5.71. The molecule has 1 aromatic rings. The third-order valence-corrected chi connectivity index (χ3v) is 2.96. The number of methoxy groups -OCH3 is 1. The molecule has 1 fully saturated rings. The van der Waals surface area contributed by atoms with E-state index in [4.69, 9.17) is 15.2 Å². The molecule has 1 aliphatic rings. The van der Waals surface area contributed by atoms with Crippen LogP contribution in [0.1, 0.15) is 26.7 Å². The average Bonchev–Trinajstić information content (AvgIpc) is 2.37. The zero-order chi connectivity index (χ0) is 13.8. The van der Waals surface area contributed by atoms with E-state index in [0.29, 0.717) is 5.95 Å². The first-order valence-electron chi connectivity index (χ1n) is 6.54. The van der Waals surface area contributed by atoms with Crippen molar-refractivity contribution in [2.45, 2.75) is 38.9 Å². The average molecular weight is 267 g/mol. The van der Waals surface area contributed by atoms with Crippen molar-refractivity contribution >= 4 is 11.9 Å². The van der Waals surface area contributed by atoms with Gasteiger partial charge < -0.3 is 20.1 Å². The fourth-order valence-electron chi connectivity index (χ4n) is 2.08. The molecule has 7 nitrogen and oxygen atoms in total. The van der Waals surface area contributed by atoms with Gasteiger partial charge in [-0.3, -0.25) is 0 Å². The summed E-state index contributed by atoms with van der Waals surface area (Å²) < 4.78 is 10.9. The second-order valence-electron chi connectivity index (χ2n) is 4.89. The van der Waals surface area contributed by atoms with Crippen LogP contribution in [0.4, 0.5) is 11.9 Å². The molecule has 2 heterocycles. The van der Waals surface area contributed by atoms with Gasteiger partial charge in [-0.05, 0) is 26.7 Å². The first-order chi connectivity index (χ1) is 9.08. The Balaban J connectivity index is 2.16. The summed E-state index contributed by atoms with van der Waals surface area (Å²) in [5.74, 6) is 0.741. The summed E-state index contributed by atoms with van der Waals surface area (Å²) in [4.78, 5) is 14.5. The number of nitrogens with two attached hydrogens (primary N) is 1. The van der Waals surface area contributed by atoms with Crippen molar-refractivity contribution < 1.29 is 9.47 Å². The van der Waals surface area contributed by atoms with E-state index in [9.17, 15) is 0 Å². The maximum atomic E-state index is 5.71. The number of ether oxygens (including phenoxy) is 2. The first-order valence-corrected chi connectivity index (χ1v) is 6.54. The molecule has 1 aromatic heterocycles. The van der Waals surface area contributed by atoms with Crippen LogP contribution >= 0.6 is 0 Å². The number of nitrogens with zero attached hydrogens (tertiary/aromatic N) is 4. The second kappa shape index (κ2) is 6.01. The molecule has 19 heavy (non-hydrogen) atoms. The Bertz CT molecular complexity index is 427. The summed E-state index contributed by atoms with van der Waals surface area (Å²) in [6.45, 7) is 5.49. The van der Waals surface area contributed by atoms with E-state index in [-0.39, 0.29) is 24.2 Å². The smallest absolute Gasteiger partial charge is 0.323 e. The predicted molar refractivity (Wildman–Crippen MR) is 72.2 cm³/mol. The van der Waals surface area contributed by atoms with Gasteiger partial charge in [-0.25, -0.2) is 0 Å². The topological polar surface area (TPSA) is 86.4 Å². The lowest BCUT2D eigenvalue weighted by atomic mass is 10.1. The van der Waals surface area contributed by atoms with Gasteiger partial charge in [0.1, 0.15) is 0 Å². The fourth-order valence-corrected chi connectivity index (χ4v) is 2.08. The van der Waals surface area contributed by atoms with Crippen LogP contribution in [0.25, 0.3) is 0 Å². The minimum atomic E-state index is 0.00253. The first kappa shape index (κ1) is 13.8. The van der Waals surface area contributed by atoms with Crippen molar-refractivity contribution in [3.63, 3.8) is 0 Å². The molecule has 0 radical (unpaired) electrons. The van der Waals surface area contributed by atoms with Crippen LogP contribution in [0.3, 0.4) is 0 Å². The third-order valence-electron chi connectivity index (χ3n) is 2.96. The highest BCUT2D eigenvalue weighted by Gasteiger charge is 2.22. The Morgan fingerprint density at radius 3 is 2.79 bits per heavy atom. The number of rotatable bonds is 4. The molecule has 1 unspecified atom stereocenters. The van der Waals surface area contributed by atoms with Crippen LogP contribution in [0, 0.1) is 0 Å². The van der Waals surface area contributed by atoms with Gasteiger partial charge >= 0.3 is 6.01 Å². The summed E-state index contributed by atoms with van der Waals surface area (Å²) in [7, 11) is 1.73. The van der Waals surface area contributed by atoms with Gasteiger partial charge in [0, 0.05) is 20.2 Å². The van der Waals surface area contributed by atoms with Gasteiger partial charge in [-0.15, -0.1) is 0 Å². The van der Waals surface area contributed by atoms with Crippen LogP contribution < -0.4 is 15.4 Å². The zero-order valence-corrected chi connectivity index (χ0v) is 11.7. The molecule has 0 spiro atoms. The highest BCUT2D eigenvalue weighted by atomic mass is 16.5. The van der Waals surface area contributed by atoms with Crippen molar-refractivity contribution in [1.29, 1.82) is 0 Å². The molecule has 1 aliphatic heterocycles. The summed E-state index contributed by atoms with van der Waals surface area (Å²) in [5.41, 5.74) is 5.71. The van der Waals surface area contributed by atoms with Gasteiger partial charge in [0.15, 0.2) is 0 Å². The number of hydrogen-bond acceptors (Lipinski definition) is 7. The summed E-state index contributed by atoms with van der Waals surface area (Å²) in [6.07, 6.45) is 2.32. The van der Waals surface area contributed by atoms with Crippen molar-refractivity contribution in [3.8, 4) is 6.01 Å². The normalized spacial score (nSPS) is 19.8. The standard InChI is InChI=1S/C12H21N5O2/c1-8(2)19-12-15-10(13)14-11(16-12)17-6-4-5-9(7-17)18-3/h8-9H,4-7H2,1-3H3,(H2,13,14,15,16). The number of piperidine rings is 1. The molecule has 0 bridgehead atoms. The number of aromatic nitrogens is 3. The van der Waals surface area contributed by atoms with Gasteiger partial charge in [-0.1, -0.05) is 0 Å². The molecular formula is C12H21N5O2. The maximum Gasteiger partial charge on any atom is 0.323 e. The largest absolute Gasteiger partial charge is 0.461 e. The molecule has 1 saturated heterocycles. The molecule has 2 N–H and O–H groups in total. The highest BCUT2D eigenvalue weighted by molar-refractivity contribution is 5.36. The Hall–Kier alpha value is -1.63. The Morgan fingerprint density at radius 1 is 1.32 bits per heavy atom. The molecule has 0 aromatic carbocycles.